The molecule has 1 aromatic heterocycles. The standard InChI is InChI=1S/C19H26N2O4/c1-14-15-6-3-4-7-16(15)25-17(14)12-20-13-19(23)8-5-9-21(18(19)22)10-11-24-2/h3-4,6-7,20,23H,5,8-13H2,1-2H3/t19-/m1/s1. The van der Waals surface area contributed by atoms with E-state index in [1.165, 1.54) is 0 Å². The van der Waals surface area contributed by atoms with E-state index in [0.29, 0.717) is 32.7 Å². The van der Waals surface area contributed by atoms with Crippen molar-refractivity contribution in [1.82, 2.24) is 10.2 Å². The van der Waals surface area contributed by atoms with Crippen LogP contribution in [0.5, 0.6) is 0 Å². The molecular weight excluding hydrogens is 320 g/mol. The topological polar surface area (TPSA) is 74.9 Å². The van der Waals surface area contributed by atoms with Gasteiger partial charge in [0.2, 0.25) is 0 Å². The quantitative estimate of drug-likeness (QED) is 0.800. The minimum atomic E-state index is -1.36. The third kappa shape index (κ3) is 3.71. The maximum atomic E-state index is 12.6. The third-order valence-corrected chi connectivity index (χ3v) is 4.91. The van der Waals surface area contributed by atoms with Crippen LogP contribution in [0.15, 0.2) is 28.7 Å². The number of aliphatic hydroxyl groups is 1. The first kappa shape index (κ1) is 17.9. The van der Waals surface area contributed by atoms with E-state index >= 15 is 0 Å². The highest BCUT2D eigenvalue weighted by molar-refractivity contribution is 5.86. The fourth-order valence-electron chi connectivity index (χ4n) is 3.42. The summed E-state index contributed by atoms with van der Waals surface area (Å²) in [5, 5.41) is 15.1. The van der Waals surface area contributed by atoms with Crippen molar-refractivity contribution in [3.8, 4) is 0 Å². The number of rotatable bonds is 7. The lowest BCUT2D eigenvalue weighted by Crippen LogP contribution is -2.58. The molecule has 2 aromatic rings. The van der Waals surface area contributed by atoms with Gasteiger partial charge in [-0.05, 0) is 31.4 Å². The minimum absolute atomic E-state index is 0.214. The van der Waals surface area contributed by atoms with E-state index in [-0.39, 0.29) is 12.5 Å². The number of hydrogen-bond acceptors (Lipinski definition) is 5. The van der Waals surface area contributed by atoms with Gasteiger partial charge in [0.15, 0.2) is 5.60 Å². The average Bonchev–Trinajstić information content (AvgIpc) is 2.93. The normalized spacial score (nSPS) is 21.2. The fourth-order valence-corrected chi connectivity index (χ4v) is 3.42. The highest BCUT2D eigenvalue weighted by atomic mass is 16.5. The molecule has 1 atom stereocenters. The number of carbonyl (C=O) groups excluding carboxylic acids is 1. The molecule has 0 unspecified atom stereocenters. The molecule has 1 aliphatic heterocycles. The first-order valence-electron chi connectivity index (χ1n) is 8.73. The number of piperidine rings is 1. The number of nitrogens with zero attached hydrogens (tertiary/aromatic N) is 1. The van der Waals surface area contributed by atoms with Crippen LogP contribution in [0.4, 0.5) is 0 Å². The number of carbonyl (C=O) groups is 1. The van der Waals surface area contributed by atoms with Crippen LogP contribution >= 0.6 is 0 Å². The molecule has 3 rings (SSSR count). The van der Waals surface area contributed by atoms with Crippen molar-refractivity contribution in [3.63, 3.8) is 0 Å². The van der Waals surface area contributed by atoms with Gasteiger partial charge in [0.05, 0.1) is 13.2 Å². The highest BCUT2D eigenvalue weighted by Crippen LogP contribution is 2.25. The summed E-state index contributed by atoms with van der Waals surface area (Å²) in [5.74, 6) is 0.619. The number of hydrogen-bond donors (Lipinski definition) is 2. The van der Waals surface area contributed by atoms with Gasteiger partial charge in [-0.3, -0.25) is 4.79 Å². The zero-order chi connectivity index (χ0) is 17.9. The van der Waals surface area contributed by atoms with Crippen LogP contribution in [0.3, 0.4) is 0 Å². The van der Waals surface area contributed by atoms with E-state index in [1.54, 1.807) is 12.0 Å². The summed E-state index contributed by atoms with van der Waals surface area (Å²) in [4.78, 5) is 14.2. The first-order chi connectivity index (χ1) is 12.0. The zero-order valence-electron chi connectivity index (χ0n) is 14.9. The molecule has 1 saturated heterocycles. The molecular formula is C19H26N2O4. The summed E-state index contributed by atoms with van der Waals surface area (Å²) in [6, 6.07) is 7.90. The third-order valence-electron chi connectivity index (χ3n) is 4.91. The number of fused-ring (bicyclic) bond motifs is 1. The van der Waals surface area contributed by atoms with Gasteiger partial charge in [0.25, 0.3) is 5.91 Å². The average molecular weight is 346 g/mol. The molecule has 2 N–H and O–H groups in total. The Morgan fingerprint density at radius 1 is 1.40 bits per heavy atom. The Bertz CT molecular complexity index is 742. The molecule has 136 valence electrons. The molecule has 6 heteroatoms. The van der Waals surface area contributed by atoms with Crippen LogP contribution in [0, 0.1) is 6.92 Å². The number of likely N-dealkylation sites (tertiary alicyclic amines) is 1. The van der Waals surface area contributed by atoms with Gasteiger partial charge in [-0.25, -0.2) is 0 Å². The number of para-hydroxylation sites is 1. The van der Waals surface area contributed by atoms with Gasteiger partial charge in [-0.15, -0.1) is 0 Å². The van der Waals surface area contributed by atoms with Crippen molar-refractivity contribution in [2.75, 3.05) is 33.4 Å². The van der Waals surface area contributed by atoms with E-state index in [0.717, 1.165) is 28.7 Å². The number of aryl methyl sites for hydroxylation is 1. The molecule has 1 aliphatic rings. The predicted molar refractivity (Wildman–Crippen MR) is 95.3 cm³/mol. The Morgan fingerprint density at radius 2 is 2.20 bits per heavy atom. The number of ether oxygens (including phenoxy) is 1. The molecule has 25 heavy (non-hydrogen) atoms. The van der Waals surface area contributed by atoms with Crippen molar-refractivity contribution < 1.29 is 19.1 Å². The Labute approximate surface area is 147 Å². The highest BCUT2D eigenvalue weighted by Gasteiger charge is 2.41. The molecule has 0 aliphatic carbocycles. The van der Waals surface area contributed by atoms with Gasteiger partial charge in [-0.1, -0.05) is 18.2 Å². The van der Waals surface area contributed by atoms with Crippen LogP contribution in [-0.4, -0.2) is 54.9 Å². The van der Waals surface area contributed by atoms with Crippen molar-refractivity contribution in [1.29, 1.82) is 0 Å². The van der Waals surface area contributed by atoms with E-state index in [2.05, 4.69) is 5.32 Å². The SMILES string of the molecule is COCCN1CCC[C@@](O)(CNCc2oc3ccccc3c2C)C1=O. The predicted octanol–water partition coefficient (Wildman–Crippen LogP) is 1.83. The van der Waals surface area contributed by atoms with E-state index in [9.17, 15) is 9.90 Å². The molecule has 2 heterocycles. The van der Waals surface area contributed by atoms with E-state index in [4.69, 9.17) is 9.15 Å². The molecule has 0 bridgehead atoms. The van der Waals surface area contributed by atoms with Crippen LogP contribution in [0.2, 0.25) is 0 Å². The second kappa shape index (κ2) is 7.56. The lowest BCUT2D eigenvalue weighted by Gasteiger charge is -2.38. The number of furan rings is 1. The largest absolute Gasteiger partial charge is 0.459 e. The Balaban J connectivity index is 1.61. The van der Waals surface area contributed by atoms with Gasteiger partial charge in [0, 0.05) is 32.1 Å². The lowest BCUT2D eigenvalue weighted by atomic mass is 9.91. The minimum Gasteiger partial charge on any atom is -0.459 e. The van der Waals surface area contributed by atoms with Gasteiger partial charge < -0.3 is 24.5 Å². The summed E-state index contributed by atoms with van der Waals surface area (Å²) >= 11 is 0. The van der Waals surface area contributed by atoms with Crippen molar-refractivity contribution >= 4 is 16.9 Å². The summed E-state index contributed by atoms with van der Waals surface area (Å²) in [7, 11) is 1.61. The first-order valence-corrected chi connectivity index (χ1v) is 8.73. The Morgan fingerprint density at radius 3 is 2.96 bits per heavy atom. The van der Waals surface area contributed by atoms with Crippen LogP contribution < -0.4 is 5.32 Å². The van der Waals surface area contributed by atoms with Gasteiger partial charge in [-0.2, -0.15) is 0 Å². The Kier molecular flexibility index (Phi) is 5.42. The smallest absolute Gasteiger partial charge is 0.255 e. The van der Waals surface area contributed by atoms with E-state index < -0.39 is 5.60 Å². The monoisotopic (exact) mass is 346 g/mol. The summed E-state index contributed by atoms with van der Waals surface area (Å²) in [6.07, 6.45) is 1.26. The number of amides is 1. The van der Waals surface area contributed by atoms with Gasteiger partial charge >= 0.3 is 0 Å². The van der Waals surface area contributed by atoms with Gasteiger partial charge in [0.1, 0.15) is 11.3 Å². The number of nitrogens with one attached hydrogen (secondary N) is 1. The Hall–Kier alpha value is -1.89. The summed E-state index contributed by atoms with van der Waals surface area (Å²) in [6.45, 7) is 4.39. The second-order valence-electron chi connectivity index (χ2n) is 6.67. The van der Waals surface area contributed by atoms with Crippen molar-refractivity contribution in [2.24, 2.45) is 0 Å². The summed E-state index contributed by atoms with van der Waals surface area (Å²) in [5.41, 5.74) is 0.591. The second-order valence-corrected chi connectivity index (χ2v) is 6.67. The molecule has 1 fully saturated rings. The number of benzene rings is 1. The van der Waals surface area contributed by atoms with Crippen LogP contribution in [0.1, 0.15) is 24.2 Å². The van der Waals surface area contributed by atoms with E-state index in [1.807, 2.05) is 31.2 Å². The maximum Gasteiger partial charge on any atom is 0.255 e. The molecule has 0 saturated carbocycles. The lowest BCUT2D eigenvalue weighted by molar-refractivity contribution is -0.157. The van der Waals surface area contributed by atoms with Crippen molar-refractivity contribution in [3.05, 3.63) is 35.6 Å². The molecule has 1 amide bonds. The van der Waals surface area contributed by atoms with Crippen LogP contribution in [0.25, 0.3) is 11.0 Å². The molecule has 0 radical (unpaired) electrons. The number of methoxy groups -OCH3 is 1. The zero-order valence-corrected chi connectivity index (χ0v) is 14.9. The van der Waals surface area contributed by atoms with Crippen LogP contribution in [-0.2, 0) is 16.1 Å². The molecule has 0 spiro atoms. The molecule has 1 aromatic carbocycles. The fraction of sp³-hybridized carbons (Fsp3) is 0.526. The van der Waals surface area contributed by atoms with Crippen molar-refractivity contribution in [2.45, 2.75) is 31.9 Å². The molecule has 6 nitrogen and oxygen atoms in total. The maximum absolute atomic E-state index is 12.6. The summed E-state index contributed by atoms with van der Waals surface area (Å²) < 4.78 is 10.9.